The molecule has 1 aromatic rings. The van der Waals surface area contributed by atoms with E-state index in [4.69, 9.17) is 5.26 Å². The third kappa shape index (κ3) is 4.63. The van der Waals surface area contributed by atoms with E-state index < -0.39 is 10.0 Å². The molecule has 0 amide bonds. The summed E-state index contributed by atoms with van der Waals surface area (Å²) >= 11 is 0. The summed E-state index contributed by atoms with van der Waals surface area (Å²) in [6.45, 7) is 6.59. The summed E-state index contributed by atoms with van der Waals surface area (Å²) < 4.78 is 26.7. The van der Waals surface area contributed by atoms with Gasteiger partial charge in [0.15, 0.2) is 0 Å². The molecule has 0 atom stereocenters. The van der Waals surface area contributed by atoms with E-state index in [1.54, 1.807) is 13.0 Å². The van der Waals surface area contributed by atoms with E-state index in [1.165, 1.54) is 12.1 Å². The van der Waals surface area contributed by atoms with Crippen molar-refractivity contribution in [2.75, 3.05) is 13.1 Å². The van der Waals surface area contributed by atoms with Crippen LogP contribution in [0.25, 0.3) is 0 Å². The number of benzene rings is 1. The van der Waals surface area contributed by atoms with Crippen LogP contribution in [-0.2, 0) is 10.0 Å². The molecule has 0 aromatic heterocycles. The fourth-order valence-corrected chi connectivity index (χ4v) is 2.90. The molecule has 0 bridgehead atoms. The van der Waals surface area contributed by atoms with E-state index in [0.717, 1.165) is 0 Å². The van der Waals surface area contributed by atoms with Crippen LogP contribution in [0.5, 0.6) is 0 Å². The topological polar surface area (TPSA) is 82.0 Å². The van der Waals surface area contributed by atoms with Crippen LogP contribution in [0.4, 0.5) is 0 Å². The monoisotopic (exact) mass is 281 g/mol. The Morgan fingerprint density at radius 2 is 2.00 bits per heavy atom. The van der Waals surface area contributed by atoms with Crippen LogP contribution in [0.1, 0.15) is 25.0 Å². The number of hydrogen-bond donors (Lipinski definition) is 2. The molecule has 5 nitrogen and oxygen atoms in total. The second kappa shape index (κ2) is 6.66. The molecule has 0 spiro atoms. The molecule has 0 radical (unpaired) electrons. The lowest BCUT2D eigenvalue weighted by molar-refractivity contribution is 0.559. The summed E-state index contributed by atoms with van der Waals surface area (Å²) in [5.41, 5.74) is 1.03. The van der Waals surface area contributed by atoms with Crippen molar-refractivity contribution < 1.29 is 8.42 Å². The Hall–Kier alpha value is -1.42. The van der Waals surface area contributed by atoms with Gasteiger partial charge in [0.25, 0.3) is 0 Å². The zero-order chi connectivity index (χ0) is 14.5. The maximum atomic E-state index is 12.1. The number of hydrogen-bond acceptors (Lipinski definition) is 4. The van der Waals surface area contributed by atoms with Gasteiger partial charge < -0.3 is 5.32 Å². The van der Waals surface area contributed by atoms with E-state index in [-0.39, 0.29) is 4.90 Å². The largest absolute Gasteiger partial charge is 0.313 e. The van der Waals surface area contributed by atoms with E-state index in [9.17, 15) is 8.42 Å². The first-order chi connectivity index (χ1) is 8.86. The second-order valence-corrected chi connectivity index (χ2v) is 6.33. The van der Waals surface area contributed by atoms with E-state index in [2.05, 4.69) is 10.0 Å². The molecule has 19 heavy (non-hydrogen) atoms. The van der Waals surface area contributed by atoms with Crippen LogP contribution in [0.15, 0.2) is 23.1 Å². The van der Waals surface area contributed by atoms with Crippen molar-refractivity contribution in [1.82, 2.24) is 10.0 Å². The van der Waals surface area contributed by atoms with Crippen LogP contribution >= 0.6 is 0 Å². The summed E-state index contributed by atoms with van der Waals surface area (Å²) in [6, 6.07) is 6.85. The summed E-state index contributed by atoms with van der Waals surface area (Å²) in [5, 5.41) is 11.9. The predicted octanol–water partition coefficient (Wildman–Crippen LogP) is 1.14. The van der Waals surface area contributed by atoms with Gasteiger partial charge in [0.1, 0.15) is 0 Å². The van der Waals surface area contributed by atoms with Gasteiger partial charge in [-0.1, -0.05) is 13.8 Å². The quantitative estimate of drug-likeness (QED) is 0.766. The van der Waals surface area contributed by atoms with Gasteiger partial charge in [-0.15, -0.1) is 0 Å². The first-order valence-corrected chi connectivity index (χ1v) is 7.59. The van der Waals surface area contributed by atoms with Gasteiger partial charge in [0.2, 0.25) is 10.0 Å². The highest BCUT2D eigenvalue weighted by Gasteiger charge is 2.16. The second-order valence-electron chi connectivity index (χ2n) is 4.60. The molecule has 0 saturated carbocycles. The molecule has 0 heterocycles. The Morgan fingerprint density at radius 3 is 2.53 bits per heavy atom. The van der Waals surface area contributed by atoms with Crippen molar-refractivity contribution in [3.05, 3.63) is 29.3 Å². The highest BCUT2D eigenvalue weighted by Crippen LogP contribution is 2.15. The van der Waals surface area contributed by atoms with Crippen molar-refractivity contribution in [2.24, 2.45) is 0 Å². The first-order valence-electron chi connectivity index (χ1n) is 6.10. The number of nitriles is 1. The Morgan fingerprint density at radius 1 is 1.32 bits per heavy atom. The van der Waals surface area contributed by atoms with E-state index in [0.29, 0.717) is 30.3 Å². The van der Waals surface area contributed by atoms with Crippen molar-refractivity contribution in [1.29, 1.82) is 5.26 Å². The van der Waals surface area contributed by atoms with Crippen molar-refractivity contribution in [3.8, 4) is 6.07 Å². The zero-order valence-corrected chi connectivity index (χ0v) is 12.2. The number of nitrogens with one attached hydrogen (secondary N) is 2. The first kappa shape index (κ1) is 15.6. The molecule has 0 aliphatic rings. The molecule has 0 fully saturated rings. The number of nitrogens with zero attached hydrogens (tertiary/aromatic N) is 1. The molecular formula is C13H19N3O2S. The summed E-state index contributed by atoms with van der Waals surface area (Å²) in [7, 11) is -3.51. The summed E-state index contributed by atoms with van der Waals surface area (Å²) in [4.78, 5) is 0.219. The van der Waals surface area contributed by atoms with Gasteiger partial charge in [0.05, 0.1) is 16.5 Å². The van der Waals surface area contributed by atoms with E-state index >= 15 is 0 Å². The fourth-order valence-electron chi connectivity index (χ4n) is 1.64. The van der Waals surface area contributed by atoms with Crippen LogP contribution in [0, 0.1) is 18.3 Å². The maximum Gasteiger partial charge on any atom is 0.240 e. The van der Waals surface area contributed by atoms with Crippen LogP contribution < -0.4 is 10.0 Å². The Bertz CT molecular complexity index is 574. The molecular weight excluding hydrogens is 262 g/mol. The number of aryl methyl sites for hydroxylation is 1. The van der Waals surface area contributed by atoms with Gasteiger partial charge in [0, 0.05) is 19.1 Å². The van der Waals surface area contributed by atoms with Crippen molar-refractivity contribution in [3.63, 3.8) is 0 Å². The summed E-state index contributed by atoms with van der Waals surface area (Å²) in [6.07, 6.45) is 0. The molecule has 6 heteroatoms. The highest BCUT2D eigenvalue weighted by atomic mass is 32.2. The minimum absolute atomic E-state index is 0.219. The molecule has 0 aliphatic heterocycles. The van der Waals surface area contributed by atoms with Crippen molar-refractivity contribution in [2.45, 2.75) is 31.7 Å². The lowest BCUT2D eigenvalue weighted by atomic mass is 10.2. The van der Waals surface area contributed by atoms with Gasteiger partial charge in [-0.05, 0) is 30.7 Å². The molecule has 1 rings (SSSR count). The van der Waals surface area contributed by atoms with Gasteiger partial charge >= 0.3 is 0 Å². The Kier molecular flexibility index (Phi) is 5.48. The minimum Gasteiger partial charge on any atom is -0.313 e. The molecule has 104 valence electrons. The fraction of sp³-hybridized carbons (Fsp3) is 0.462. The van der Waals surface area contributed by atoms with Gasteiger partial charge in [-0.25, -0.2) is 13.1 Å². The molecule has 2 N–H and O–H groups in total. The standard InChI is InChI=1S/C13H19N3O2S/c1-10(2)15-6-7-16-19(17,18)13-5-4-12(9-14)8-11(13)3/h4-5,8,10,15-16H,6-7H2,1-3H3. The Balaban J connectivity index is 2.75. The molecule has 0 saturated heterocycles. The molecule has 1 aromatic carbocycles. The van der Waals surface area contributed by atoms with Gasteiger partial charge in [-0.2, -0.15) is 5.26 Å². The molecule has 0 aliphatic carbocycles. The number of sulfonamides is 1. The number of rotatable bonds is 6. The van der Waals surface area contributed by atoms with Crippen LogP contribution in [0.3, 0.4) is 0 Å². The highest BCUT2D eigenvalue weighted by molar-refractivity contribution is 7.89. The summed E-state index contributed by atoms with van der Waals surface area (Å²) in [5.74, 6) is 0. The van der Waals surface area contributed by atoms with Gasteiger partial charge in [-0.3, -0.25) is 0 Å². The minimum atomic E-state index is -3.51. The van der Waals surface area contributed by atoms with Crippen molar-refractivity contribution >= 4 is 10.0 Å². The lowest BCUT2D eigenvalue weighted by Gasteiger charge is -2.11. The average molecular weight is 281 g/mol. The van der Waals surface area contributed by atoms with Crippen LogP contribution in [-0.4, -0.2) is 27.5 Å². The SMILES string of the molecule is Cc1cc(C#N)ccc1S(=O)(=O)NCCNC(C)C. The normalized spacial score (nSPS) is 11.5. The third-order valence-corrected chi connectivity index (χ3v) is 4.18. The zero-order valence-electron chi connectivity index (χ0n) is 11.4. The predicted molar refractivity (Wildman–Crippen MR) is 74.2 cm³/mol. The average Bonchev–Trinajstić information content (AvgIpc) is 2.34. The lowest BCUT2D eigenvalue weighted by Crippen LogP contribution is -2.34. The third-order valence-electron chi connectivity index (χ3n) is 2.56. The molecule has 0 unspecified atom stereocenters. The smallest absolute Gasteiger partial charge is 0.240 e. The maximum absolute atomic E-state index is 12.1. The van der Waals surface area contributed by atoms with E-state index in [1.807, 2.05) is 19.9 Å². The Labute approximate surface area is 114 Å². The van der Waals surface area contributed by atoms with Crippen LogP contribution in [0.2, 0.25) is 0 Å².